The Balaban J connectivity index is 2.91. The Morgan fingerprint density at radius 3 is 2.53 bits per heavy atom. The van der Waals surface area contributed by atoms with E-state index in [1.54, 1.807) is 0 Å². The number of rotatable bonds is 8. The van der Waals surface area contributed by atoms with E-state index in [1.165, 1.54) is 0 Å². The largest absolute Gasteiger partial charge is 0.472 e. The number of ether oxygens (including phenoxy) is 2. The maximum atomic E-state index is 5.91. The lowest BCUT2D eigenvalue weighted by Crippen LogP contribution is -2.27. The summed E-state index contributed by atoms with van der Waals surface area (Å²) in [4.78, 5) is 8.78. The van der Waals surface area contributed by atoms with Crippen molar-refractivity contribution < 1.29 is 9.47 Å². The van der Waals surface area contributed by atoms with Gasteiger partial charge >= 0.3 is 0 Å². The van der Waals surface area contributed by atoms with E-state index in [0.717, 1.165) is 18.8 Å². The molecule has 0 amide bonds. The Hall–Kier alpha value is -1.36. The number of hydrogen-bond donors (Lipinski definition) is 1. The Labute approximate surface area is 115 Å². The van der Waals surface area contributed by atoms with Crippen LogP contribution in [0.3, 0.4) is 0 Å². The van der Waals surface area contributed by atoms with Gasteiger partial charge in [0.2, 0.25) is 5.88 Å². The molecule has 1 aromatic heterocycles. The van der Waals surface area contributed by atoms with E-state index in [1.807, 2.05) is 33.8 Å². The smallest absolute Gasteiger partial charge is 0.219 e. The molecule has 19 heavy (non-hydrogen) atoms. The van der Waals surface area contributed by atoms with Crippen LogP contribution < -0.4 is 10.1 Å². The predicted octanol–water partition coefficient (Wildman–Crippen LogP) is 3.01. The predicted molar refractivity (Wildman–Crippen MR) is 76.5 cm³/mol. The molecule has 0 saturated carbocycles. The normalized spacial score (nSPS) is 11.4. The third kappa shape index (κ3) is 5.42. The van der Waals surface area contributed by atoms with E-state index in [0.29, 0.717) is 24.9 Å². The molecule has 0 fully saturated rings. The summed E-state index contributed by atoms with van der Waals surface area (Å²) in [5, 5.41) is 3.18. The molecule has 5 heteroatoms. The van der Waals surface area contributed by atoms with Gasteiger partial charge in [0.15, 0.2) is 5.82 Å². The van der Waals surface area contributed by atoms with Crippen LogP contribution in [0.4, 0.5) is 5.82 Å². The number of nitrogens with one attached hydrogen (secondary N) is 1. The third-order valence-corrected chi connectivity index (χ3v) is 2.77. The molecule has 108 valence electrons. The van der Waals surface area contributed by atoms with E-state index in [2.05, 4.69) is 22.2 Å². The molecule has 0 saturated heterocycles. The van der Waals surface area contributed by atoms with Crippen LogP contribution in [0, 0.1) is 0 Å². The topological polar surface area (TPSA) is 56.3 Å². The van der Waals surface area contributed by atoms with Gasteiger partial charge < -0.3 is 14.8 Å². The van der Waals surface area contributed by atoms with Crippen LogP contribution in [0.5, 0.6) is 5.88 Å². The molecule has 0 aliphatic carbocycles. The SMILES string of the molecule is CCNc1cc(OC(C)(C)CC)nc(COCC)n1. The quantitative estimate of drug-likeness (QED) is 0.784. The van der Waals surface area contributed by atoms with Gasteiger partial charge in [-0.25, -0.2) is 4.98 Å². The summed E-state index contributed by atoms with van der Waals surface area (Å²) in [7, 11) is 0. The number of aromatic nitrogens is 2. The highest BCUT2D eigenvalue weighted by atomic mass is 16.5. The van der Waals surface area contributed by atoms with Crippen molar-refractivity contribution in [2.24, 2.45) is 0 Å². The highest BCUT2D eigenvalue weighted by Gasteiger charge is 2.18. The van der Waals surface area contributed by atoms with E-state index in [-0.39, 0.29) is 5.60 Å². The Kier molecular flexibility index (Phi) is 6.02. The van der Waals surface area contributed by atoms with E-state index in [4.69, 9.17) is 9.47 Å². The number of hydrogen-bond acceptors (Lipinski definition) is 5. The average Bonchev–Trinajstić information content (AvgIpc) is 2.36. The molecule has 0 aromatic carbocycles. The highest BCUT2D eigenvalue weighted by molar-refractivity contribution is 5.38. The van der Waals surface area contributed by atoms with Gasteiger partial charge in [-0.05, 0) is 34.1 Å². The van der Waals surface area contributed by atoms with Crippen molar-refractivity contribution in [3.63, 3.8) is 0 Å². The molecule has 1 heterocycles. The lowest BCUT2D eigenvalue weighted by Gasteiger charge is -2.24. The second-order valence-electron chi connectivity index (χ2n) is 4.89. The highest BCUT2D eigenvalue weighted by Crippen LogP contribution is 2.21. The van der Waals surface area contributed by atoms with Crippen LogP contribution in [0.15, 0.2) is 6.07 Å². The zero-order chi connectivity index (χ0) is 14.3. The summed E-state index contributed by atoms with van der Waals surface area (Å²) in [5.41, 5.74) is -0.235. The summed E-state index contributed by atoms with van der Waals surface area (Å²) in [5.74, 6) is 2.00. The van der Waals surface area contributed by atoms with Crippen LogP contribution in [-0.2, 0) is 11.3 Å². The molecule has 0 radical (unpaired) electrons. The first-order chi connectivity index (χ1) is 9.00. The standard InChI is InChI=1S/C14H25N3O2/c1-6-14(4,5)19-13-9-11(15-7-2)16-12(17-13)10-18-8-3/h9H,6-8,10H2,1-5H3,(H,15,16,17). The molecule has 0 bridgehead atoms. The summed E-state index contributed by atoms with van der Waals surface area (Å²) >= 11 is 0. The first-order valence-electron chi connectivity index (χ1n) is 6.89. The third-order valence-electron chi connectivity index (χ3n) is 2.77. The molecular formula is C14H25N3O2. The van der Waals surface area contributed by atoms with Gasteiger partial charge in [0, 0.05) is 19.2 Å². The van der Waals surface area contributed by atoms with Crippen LogP contribution in [0.25, 0.3) is 0 Å². The Morgan fingerprint density at radius 1 is 1.21 bits per heavy atom. The maximum absolute atomic E-state index is 5.91. The van der Waals surface area contributed by atoms with Crippen molar-refractivity contribution in [3.8, 4) is 5.88 Å². The average molecular weight is 267 g/mol. The minimum atomic E-state index is -0.235. The van der Waals surface area contributed by atoms with Crippen LogP contribution in [-0.4, -0.2) is 28.7 Å². The van der Waals surface area contributed by atoms with Gasteiger partial charge in [0.1, 0.15) is 18.0 Å². The van der Waals surface area contributed by atoms with Crippen LogP contribution in [0.1, 0.15) is 46.9 Å². The fraction of sp³-hybridized carbons (Fsp3) is 0.714. The van der Waals surface area contributed by atoms with Gasteiger partial charge in [-0.1, -0.05) is 6.92 Å². The Morgan fingerprint density at radius 2 is 1.95 bits per heavy atom. The first kappa shape index (κ1) is 15.7. The molecule has 0 aliphatic rings. The fourth-order valence-corrected chi connectivity index (χ4v) is 1.41. The van der Waals surface area contributed by atoms with Crippen molar-refractivity contribution >= 4 is 5.82 Å². The van der Waals surface area contributed by atoms with Gasteiger partial charge in [-0.15, -0.1) is 0 Å². The minimum absolute atomic E-state index is 0.235. The van der Waals surface area contributed by atoms with Crippen LogP contribution in [0.2, 0.25) is 0 Å². The molecule has 0 spiro atoms. The second kappa shape index (κ2) is 7.28. The number of nitrogens with zero attached hydrogens (tertiary/aromatic N) is 2. The molecule has 0 atom stereocenters. The van der Waals surface area contributed by atoms with Gasteiger partial charge in [-0.2, -0.15) is 4.98 Å². The lowest BCUT2D eigenvalue weighted by molar-refractivity contribution is 0.0952. The zero-order valence-corrected chi connectivity index (χ0v) is 12.6. The fourth-order valence-electron chi connectivity index (χ4n) is 1.41. The van der Waals surface area contributed by atoms with E-state index >= 15 is 0 Å². The molecule has 5 nitrogen and oxygen atoms in total. The van der Waals surface area contributed by atoms with Crippen molar-refractivity contribution in [1.29, 1.82) is 0 Å². The molecular weight excluding hydrogens is 242 g/mol. The van der Waals surface area contributed by atoms with E-state index in [9.17, 15) is 0 Å². The minimum Gasteiger partial charge on any atom is -0.472 e. The van der Waals surface area contributed by atoms with Crippen molar-refractivity contribution in [3.05, 3.63) is 11.9 Å². The van der Waals surface area contributed by atoms with Gasteiger partial charge in [0.05, 0.1) is 0 Å². The maximum Gasteiger partial charge on any atom is 0.219 e. The molecule has 1 rings (SSSR count). The first-order valence-corrected chi connectivity index (χ1v) is 6.89. The van der Waals surface area contributed by atoms with Crippen LogP contribution >= 0.6 is 0 Å². The van der Waals surface area contributed by atoms with Gasteiger partial charge in [0.25, 0.3) is 0 Å². The summed E-state index contributed by atoms with van der Waals surface area (Å²) < 4.78 is 11.3. The number of anilines is 1. The zero-order valence-electron chi connectivity index (χ0n) is 12.6. The molecule has 0 unspecified atom stereocenters. The van der Waals surface area contributed by atoms with Crippen molar-refractivity contribution in [2.75, 3.05) is 18.5 Å². The summed E-state index contributed by atoms with van der Waals surface area (Å²) in [6.07, 6.45) is 0.911. The molecule has 1 aromatic rings. The van der Waals surface area contributed by atoms with Crippen molar-refractivity contribution in [1.82, 2.24) is 9.97 Å². The molecule has 0 aliphatic heterocycles. The van der Waals surface area contributed by atoms with Gasteiger partial charge in [-0.3, -0.25) is 0 Å². The Bertz CT molecular complexity index is 394. The monoisotopic (exact) mass is 267 g/mol. The van der Waals surface area contributed by atoms with E-state index < -0.39 is 0 Å². The molecule has 1 N–H and O–H groups in total. The lowest BCUT2D eigenvalue weighted by atomic mass is 10.1. The second-order valence-corrected chi connectivity index (χ2v) is 4.89. The summed E-state index contributed by atoms with van der Waals surface area (Å²) in [6, 6.07) is 1.83. The summed E-state index contributed by atoms with van der Waals surface area (Å²) in [6.45, 7) is 12.0. The van der Waals surface area contributed by atoms with Crippen molar-refractivity contribution in [2.45, 2.75) is 53.2 Å².